The number of rotatable bonds is 20. The van der Waals surface area contributed by atoms with Gasteiger partial charge in [-0.1, -0.05) is 168 Å². The minimum atomic E-state index is -2.13. The van der Waals surface area contributed by atoms with E-state index in [1.165, 1.54) is 0 Å². The monoisotopic (exact) mass is 738 g/mol. The zero-order chi connectivity index (χ0) is 38.2. The van der Waals surface area contributed by atoms with Crippen LogP contribution in [0.3, 0.4) is 0 Å². The second-order valence-corrected chi connectivity index (χ2v) is 18.3. The molecule has 7 heteroatoms. The Morgan fingerprint density at radius 1 is 0.722 bits per heavy atom. The number of carbonyl (C=O) groups excluding carboxylic acids is 2. The van der Waals surface area contributed by atoms with Gasteiger partial charge in [0.25, 0.3) is 0 Å². The summed E-state index contributed by atoms with van der Waals surface area (Å²) in [5, 5.41) is 14.3. The summed E-state index contributed by atoms with van der Waals surface area (Å²) in [6, 6.07) is 43.3. The van der Waals surface area contributed by atoms with Gasteiger partial charge in [-0.25, -0.2) is 4.98 Å². The van der Waals surface area contributed by atoms with Gasteiger partial charge >= 0.3 is 0 Å². The van der Waals surface area contributed by atoms with Crippen LogP contribution in [0.2, 0.25) is 0 Å². The highest BCUT2D eigenvalue weighted by Gasteiger charge is 2.40. The molecule has 0 fully saturated rings. The first-order chi connectivity index (χ1) is 26.4. The smallest absolute Gasteiger partial charge is 0.231 e. The maximum absolute atomic E-state index is 15.0. The van der Waals surface area contributed by atoms with Crippen molar-refractivity contribution in [2.45, 2.75) is 77.8 Å². The van der Waals surface area contributed by atoms with E-state index in [2.05, 4.69) is 73.1 Å². The summed E-state index contributed by atoms with van der Waals surface area (Å²) < 4.78 is 2.11. The third kappa shape index (κ3) is 9.20. The lowest BCUT2D eigenvalue weighted by Crippen LogP contribution is -2.40. The second-order valence-electron chi connectivity index (χ2n) is 14.2. The Morgan fingerprint density at radius 2 is 1.17 bits per heavy atom. The van der Waals surface area contributed by atoms with Crippen LogP contribution in [0.4, 0.5) is 0 Å². The fourth-order valence-electron chi connectivity index (χ4n) is 7.67. The molecule has 5 rings (SSSR count). The number of nitriles is 1. The Kier molecular flexibility index (Phi) is 14.8. The van der Waals surface area contributed by atoms with E-state index in [1.54, 1.807) is 0 Å². The molecule has 0 radical (unpaired) electrons. The average molecular weight is 739 g/mol. The molecule has 5 aromatic rings. The summed E-state index contributed by atoms with van der Waals surface area (Å²) in [5.41, 5.74) is 3.94. The number of carbonyl (C=O) groups is 2. The molecule has 0 spiro atoms. The molecule has 0 bridgehead atoms. The Hall–Kier alpha value is -4.98. The number of nitrogens with zero attached hydrogens (tertiary/aromatic N) is 3. The standard InChI is InChI=1S/C47H55N4O2P/c1-4-7-30-54(31-8-5-2,32-9-6-3)44(34-48)45(52)43(46(53)49-35-38-22-14-10-15-23-38)33-42-36-51(37-50-42)47(39-24-16-11-17-25-39,40-26-18-12-19-27-40)41-28-20-13-21-29-41/h10-29,36-37,43H,4-9,30-33,35H2,1-3H3,(H,49,53)/t43-/m0/s1. The summed E-state index contributed by atoms with van der Waals surface area (Å²) in [4.78, 5) is 34.3. The Bertz CT molecular complexity index is 1890. The van der Waals surface area contributed by atoms with Crippen LogP contribution in [-0.4, -0.2) is 45.0 Å². The molecule has 1 amide bonds. The van der Waals surface area contributed by atoms with Gasteiger partial charge in [-0.2, -0.15) is 5.26 Å². The molecule has 0 saturated heterocycles. The summed E-state index contributed by atoms with van der Waals surface area (Å²) in [5.74, 6) is -1.78. The van der Waals surface area contributed by atoms with Gasteiger partial charge < -0.3 is 9.88 Å². The maximum atomic E-state index is 15.0. The van der Waals surface area contributed by atoms with E-state index in [1.807, 2.05) is 97.5 Å². The van der Waals surface area contributed by atoms with E-state index in [4.69, 9.17) is 4.98 Å². The number of aromatic nitrogens is 2. The lowest BCUT2D eigenvalue weighted by molar-refractivity contribution is -0.131. The van der Waals surface area contributed by atoms with Gasteiger partial charge in [0.05, 0.1) is 17.3 Å². The van der Waals surface area contributed by atoms with Crippen molar-refractivity contribution in [3.8, 4) is 6.07 Å². The molecule has 0 aliphatic carbocycles. The van der Waals surface area contributed by atoms with Crippen LogP contribution in [0.25, 0.3) is 0 Å². The van der Waals surface area contributed by atoms with Crippen molar-refractivity contribution in [2.75, 3.05) is 18.5 Å². The van der Waals surface area contributed by atoms with Crippen molar-refractivity contribution in [1.29, 1.82) is 5.26 Å². The van der Waals surface area contributed by atoms with E-state index in [0.717, 1.165) is 79.3 Å². The summed E-state index contributed by atoms with van der Waals surface area (Å²) in [6.07, 6.45) is 12.4. The van der Waals surface area contributed by atoms with Crippen molar-refractivity contribution >= 4 is 23.9 Å². The number of hydrogen-bond acceptors (Lipinski definition) is 4. The second kappa shape index (κ2) is 19.9. The van der Waals surface area contributed by atoms with Gasteiger partial charge in [0.2, 0.25) is 5.91 Å². The fourth-order valence-corrected chi connectivity index (χ4v) is 12.6. The lowest BCUT2D eigenvalue weighted by atomic mass is 9.77. The molecular weight excluding hydrogens is 684 g/mol. The molecule has 1 N–H and O–H groups in total. The molecule has 1 atom stereocenters. The van der Waals surface area contributed by atoms with Gasteiger partial charge in [-0.15, -0.1) is 0 Å². The van der Waals surface area contributed by atoms with Crippen LogP contribution in [0, 0.1) is 17.2 Å². The van der Waals surface area contributed by atoms with Crippen molar-refractivity contribution in [1.82, 2.24) is 14.9 Å². The normalized spacial score (nSPS) is 12.1. The molecule has 54 heavy (non-hydrogen) atoms. The highest BCUT2D eigenvalue weighted by molar-refractivity contribution is 7.78. The Labute approximate surface area is 322 Å². The van der Waals surface area contributed by atoms with E-state index in [9.17, 15) is 10.1 Å². The molecule has 0 aliphatic heterocycles. The first kappa shape index (κ1) is 40.2. The third-order valence-corrected chi connectivity index (χ3v) is 15.4. The van der Waals surface area contributed by atoms with Crippen LogP contribution < -0.4 is 5.32 Å². The molecular formula is C47H55N4O2P. The topological polar surface area (TPSA) is 87.8 Å². The SMILES string of the molecule is CCCCP(CCCC)(CCCC)=C(C#N)C(=O)[C@H](Cc1cn(C(c2ccccc2)(c2ccccc2)c2ccccc2)cn1)C(=O)NCc1ccccc1. The van der Waals surface area contributed by atoms with E-state index < -0.39 is 18.3 Å². The first-order valence-corrected chi connectivity index (χ1v) is 22.0. The van der Waals surface area contributed by atoms with Gasteiger partial charge in [0, 0.05) is 19.2 Å². The van der Waals surface area contributed by atoms with Crippen molar-refractivity contribution in [3.63, 3.8) is 0 Å². The quantitative estimate of drug-likeness (QED) is 0.0489. The van der Waals surface area contributed by atoms with Crippen LogP contribution in [0.5, 0.6) is 0 Å². The number of amides is 1. The summed E-state index contributed by atoms with van der Waals surface area (Å²) in [7, 11) is 0. The predicted octanol–water partition coefficient (Wildman–Crippen LogP) is 9.88. The lowest BCUT2D eigenvalue weighted by Gasteiger charge is -2.37. The highest BCUT2D eigenvalue weighted by atomic mass is 31.2. The largest absolute Gasteiger partial charge is 0.351 e. The number of imidazole rings is 1. The number of unbranched alkanes of at least 4 members (excludes halogenated alkanes) is 3. The van der Waals surface area contributed by atoms with Crippen LogP contribution in [0.1, 0.15) is 87.2 Å². The maximum Gasteiger partial charge on any atom is 0.231 e. The van der Waals surface area contributed by atoms with Crippen LogP contribution in [0.15, 0.2) is 134 Å². The Balaban J connectivity index is 1.65. The number of Topliss-reactive ketones (excluding diaryl/α,β-unsaturated/α-hetero) is 1. The molecule has 1 heterocycles. The van der Waals surface area contributed by atoms with Gasteiger partial charge in [-0.05, 0) is 60.0 Å². The van der Waals surface area contributed by atoms with Crippen LogP contribution in [-0.2, 0) is 28.1 Å². The zero-order valence-corrected chi connectivity index (χ0v) is 33.1. The molecule has 0 unspecified atom stereocenters. The molecule has 280 valence electrons. The van der Waals surface area contributed by atoms with E-state index >= 15 is 4.79 Å². The molecule has 0 saturated carbocycles. The summed E-state index contributed by atoms with van der Waals surface area (Å²) in [6.45, 7) is 4.66. The fraction of sp³-hybridized carbons (Fsp3) is 0.340. The number of ketones is 1. The number of benzene rings is 4. The minimum Gasteiger partial charge on any atom is -0.351 e. The Morgan fingerprint density at radius 3 is 1.59 bits per heavy atom. The first-order valence-electron chi connectivity index (χ1n) is 19.6. The average Bonchev–Trinajstić information content (AvgIpc) is 3.70. The molecule has 6 nitrogen and oxygen atoms in total. The minimum absolute atomic E-state index is 0.0847. The summed E-state index contributed by atoms with van der Waals surface area (Å²) >= 11 is 0. The van der Waals surface area contributed by atoms with Crippen molar-refractivity contribution in [3.05, 3.63) is 162 Å². The van der Waals surface area contributed by atoms with E-state index in [0.29, 0.717) is 17.5 Å². The van der Waals surface area contributed by atoms with Crippen molar-refractivity contribution < 1.29 is 9.59 Å². The predicted molar refractivity (Wildman–Crippen MR) is 224 cm³/mol. The van der Waals surface area contributed by atoms with Gasteiger partial charge in [0.1, 0.15) is 17.5 Å². The molecule has 4 aromatic carbocycles. The number of nitrogens with one attached hydrogen (secondary N) is 1. The zero-order valence-electron chi connectivity index (χ0n) is 32.2. The van der Waals surface area contributed by atoms with Gasteiger partial charge in [0.15, 0.2) is 5.78 Å². The molecule has 1 aromatic heterocycles. The van der Waals surface area contributed by atoms with Crippen molar-refractivity contribution in [2.24, 2.45) is 5.92 Å². The van der Waals surface area contributed by atoms with E-state index in [-0.39, 0.29) is 18.1 Å². The van der Waals surface area contributed by atoms with Gasteiger partial charge in [-0.3, -0.25) is 9.59 Å². The molecule has 0 aliphatic rings. The third-order valence-electron chi connectivity index (χ3n) is 10.6. The highest BCUT2D eigenvalue weighted by Crippen LogP contribution is 2.52. The van der Waals surface area contributed by atoms with Crippen LogP contribution >= 0.6 is 6.89 Å². The number of hydrogen-bond donors (Lipinski definition) is 1.